The lowest BCUT2D eigenvalue weighted by atomic mass is 9.95. The summed E-state index contributed by atoms with van der Waals surface area (Å²) >= 11 is 0. The number of nitrogens with two attached hydrogens (primary N) is 1. The van der Waals surface area contributed by atoms with E-state index in [1.807, 2.05) is 0 Å². The lowest BCUT2D eigenvalue weighted by Gasteiger charge is -2.10. The van der Waals surface area contributed by atoms with Crippen molar-refractivity contribution in [3.8, 4) is 0 Å². The first kappa shape index (κ1) is 11.5. The van der Waals surface area contributed by atoms with Crippen molar-refractivity contribution in [2.75, 3.05) is 0 Å². The number of hydrogen-bond acceptors (Lipinski definition) is 1. The highest BCUT2D eigenvalue weighted by Gasteiger charge is 2.14. The molecule has 1 aliphatic carbocycles. The van der Waals surface area contributed by atoms with E-state index in [9.17, 15) is 0 Å². The fraction of sp³-hybridized carbons (Fsp3) is 0.385. The number of benzene rings is 1. The zero-order valence-corrected chi connectivity index (χ0v) is 10.1. The standard InChI is InChI=1S/C13H16N2.ClH/c14-8-9-5-6-13-11(7-9)10-3-1-2-4-12(10)15-13;/h5-7,15H,1-4,8,14H2;1H. The van der Waals surface area contributed by atoms with E-state index in [0.29, 0.717) is 6.54 Å². The first-order chi connectivity index (χ1) is 7.38. The van der Waals surface area contributed by atoms with Crippen LogP contribution in [0.2, 0.25) is 0 Å². The zero-order chi connectivity index (χ0) is 10.3. The van der Waals surface area contributed by atoms with E-state index < -0.39 is 0 Å². The van der Waals surface area contributed by atoms with Crippen molar-refractivity contribution in [3.63, 3.8) is 0 Å². The largest absolute Gasteiger partial charge is 0.358 e. The summed E-state index contributed by atoms with van der Waals surface area (Å²) in [5.41, 5.74) is 11.2. The summed E-state index contributed by atoms with van der Waals surface area (Å²) < 4.78 is 0. The van der Waals surface area contributed by atoms with E-state index in [0.717, 1.165) is 0 Å². The fourth-order valence-corrected chi connectivity index (χ4v) is 2.58. The first-order valence-electron chi connectivity index (χ1n) is 5.71. The summed E-state index contributed by atoms with van der Waals surface area (Å²) in [7, 11) is 0. The molecule has 2 nitrogen and oxygen atoms in total. The molecule has 0 radical (unpaired) electrons. The summed E-state index contributed by atoms with van der Waals surface area (Å²) in [5, 5.41) is 1.40. The van der Waals surface area contributed by atoms with Crippen molar-refractivity contribution in [1.29, 1.82) is 0 Å². The smallest absolute Gasteiger partial charge is 0.0459 e. The quantitative estimate of drug-likeness (QED) is 0.786. The number of aryl methyl sites for hydroxylation is 2. The van der Waals surface area contributed by atoms with Crippen LogP contribution in [0, 0.1) is 0 Å². The molecule has 0 saturated carbocycles. The van der Waals surface area contributed by atoms with E-state index in [1.54, 1.807) is 0 Å². The Kier molecular flexibility index (Phi) is 3.22. The second kappa shape index (κ2) is 4.48. The SMILES string of the molecule is Cl.NCc1ccc2[nH]c3c(c2c1)CCCC3. The van der Waals surface area contributed by atoms with Gasteiger partial charge in [-0.05, 0) is 48.9 Å². The predicted molar refractivity (Wildman–Crippen MR) is 70.1 cm³/mol. The molecule has 1 aromatic heterocycles. The summed E-state index contributed by atoms with van der Waals surface area (Å²) in [6, 6.07) is 6.52. The maximum absolute atomic E-state index is 5.68. The molecule has 0 saturated heterocycles. The topological polar surface area (TPSA) is 41.8 Å². The summed E-state index contributed by atoms with van der Waals surface area (Å²) in [6.07, 6.45) is 5.09. The van der Waals surface area contributed by atoms with Gasteiger partial charge in [-0.25, -0.2) is 0 Å². The Morgan fingerprint density at radius 2 is 2.00 bits per heavy atom. The van der Waals surface area contributed by atoms with Crippen LogP contribution >= 0.6 is 12.4 Å². The minimum Gasteiger partial charge on any atom is -0.358 e. The van der Waals surface area contributed by atoms with Crippen molar-refractivity contribution < 1.29 is 0 Å². The molecular formula is C13H17ClN2. The molecule has 0 unspecified atom stereocenters. The van der Waals surface area contributed by atoms with Gasteiger partial charge in [0, 0.05) is 23.1 Å². The highest BCUT2D eigenvalue weighted by molar-refractivity contribution is 5.86. The van der Waals surface area contributed by atoms with Crippen molar-refractivity contribution in [2.45, 2.75) is 32.2 Å². The summed E-state index contributed by atoms with van der Waals surface area (Å²) in [6.45, 7) is 0.635. The van der Waals surface area contributed by atoms with Crippen LogP contribution in [0.1, 0.15) is 29.7 Å². The van der Waals surface area contributed by atoms with Crippen LogP contribution in [-0.4, -0.2) is 4.98 Å². The molecule has 3 rings (SSSR count). The molecule has 3 heteroatoms. The second-order valence-electron chi connectivity index (χ2n) is 4.37. The van der Waals surface area contributed by atoms with Crippen LogP contribution in [0.25, 0.3) is 10.9 Å². The van der Waals surface area contributed by atoms with Crippen molar-refractivity contribution >= 4 is 23.3 Å². The van der Waals surface area contributed by atoms with Crippen LogP contribution in [0.15, 0.2) is 18.2 Å². The molecule has 86 valence electrons. The Bertz CT molecular complexity index is 502. The van der Waals surface area contributed by atoms with E-state index in [-0.39, 0.29) is 12.4 Å². The van der Waals surface area contributed by atoms with Gasteiger partial charge in [-0.15, -0.1) is 12.4 Å². The molecule has 3 N–H and O–H groups in total. The minimum absolute atomic E-state index is 0. The number of aromatic nitrogens is 1. The Morgan fingerprint density at radius 3 is 2.81 bits per heavy atom. The molecule has 1 aromatic carbocycles. The van der Waals surface area contributed by atoms with Crippen LogP contribution in [0.5, 0.6) is 0 Å². The second-order valence-corrected chi connectivity index (χ2v) is 4.37. The Hall–Kier alpha value is -0.990. The number of fused-ring (bicyclic) bond motifs is 3. The van der Waals surface area contributed by atoms with Gasteiger partial charge in [-0.1, -0.05) is 6.07 Å². The van der Waals surface area contributed by atoms with Crippen LogP contribution in [0.3, 0.4) is 0 Å². The molecule has 2 aromatic rings. The van der Waals surface area contributed by atoms with Gasteiger partial charge in [-0.3, -0.25) is 0 Å². The molecule has 1 aliphatic rings. The van der Waals surface area contributed by atoms with Gasteiger partial charge in [0.05, 0.1) is 0 Å². The molecule has 0 bridgehead atoms. The highest BCUT2D eigenvalue weighted by Crippen LogP contribution is 2.29. The zero-order valence-electron chi connectivity index (χ0n) is 9.25. The average Bonchev–Trinajstić information content (AvgIpc) is 2.66. The van der Waals surface area contributed by atoms with E-state index >= 15 is 0 Å². The maximum Gasteiger partial charge on any atom is 0.0459 e. The van der Waals surface area contributed by atoms with Crippen molar-refractivity contribution in [3.05, 3.63) is 35.0 Å². The van der Waals surface area contributed by atoms with Crippen molar-refractivity contribution in [2.24, 2.45) is 5.73 Å². The average molecular weight is 237 g/mol. The number of rotatable bonds is 1. The Balaban J connectivity index is 0.000000963. The number of aromatic amines is 1. The van der Waals surface area contributed by atoms with Gasteiger partial charge in [0.25, 0.3) is 0 Å². The molecule has 1 heterocycles. The number of nitrogens with one attached hydrogen (secondary N) is 1. The van der Waals surface area contributed by atoms with Gasteiger partial charge < -0.3 is 10.7 Å². The maximum atomic E-state index is 5.68. The predicted octanol–water partition coefficient (Wildman–Crippen LogP) is 2.93. The molecular weight excluding hydrogens is 220 g/mol. The van der Waals surface area contributed by atoms with E-state index in [4.69, 9.17) is 5.73 Å². The summed E-state index contributed by atoms with van der Waals surface area (Å²) in [5.74, 6) is 0. The Morgan fingerprint density at radius 1 is 1.19 bits per heavy atom. The number of halogens is 1. The van der Waals surface area contributed by atoms with Gasteiger partial charge in [0.2, 0.25) is 0 Å². The third-order valence-electron chi connectivity index (χ3n) is 3.40. The molecule has 0 atom stereocenters. The molecule has 0 aliphatic heterocycles. The van der Waals surface area contributed by atoms with Gasteiger partial charge in [0.1, 0.15) is 0 Å². The van der Waals surface area contributed by atoms with Crippen LogP contribution in [0.4, 0.5) is 0 Å². The van der Waals surface area contributed by atoms with E-state index in [1.165, 1.54) is 53.4 Å². The van der Waals surface area contributed by atoms with Crippen LogP contribution in [-0.2, 0) is 19.4 Å². The van der Waals surface area contributed by atoms with Crippen LogP contribution < -0.4 is 5.73 Å². The molecule has 0 spiro atoms. The summed E-state index contributed by atoms with van der Waals surface area (Å²) in [4.78, 5) is 3.53. The van der Waals surface area contributed by atoms with Crippen molar-refractivity contribution in [1.82, 2.24) is 4.98 Å². The van der Waals surface area contributed by atoms with Gasteiger partial charge in [0.15, 0.2) is 0 Å². The number of H-pyrrole nitrogens is 1. The van der Waals surface area contributed by atoms with Gasteiger partial charge in [-0.2, -0.15) is 0 Å². The molecule has 0 fully saturated rings. The number of hydrogen-bond donors (Lipinski definition) is 2. The third-order valence-corrected chi connectivity index (χ3v) is 3.40. The van der Waals surface area contributed by atoms with Gasteiger partial charge >= 0.3 is 0 Å². The third kappa shape index (κ3) is 1.72. The molecule has 16 heavy (non-hydrogen) atoms. The first-order valence-corrected chi connectivity index (χ1v) is 5.71. The highest BCUT2D eigenvalue weighted by atomic mass is 35.5. The molecule has 0 amide bonds. The normalized spacial score (nSPS) is 14.6. The minimum atomic E-state index is 0. The monoisotopic (exact) mass is 236 g/mol. The fourth-order valence-electron chi connectivity index (χ4n) is 2.58. The Labute approximate surface area is 102 Å². The van der Waals surface area contributed by atoms with E-state index in [2.05, 4.69) is 23.2 Å². The lowest BCUT2D eigenvalue weighted by Crippen LogP contribution is -2.00. The lowest BCUT2D eigenvalue weighted by molar-refractivity contribution is 0.680.